The number of imidazole rings is 1. The monoisotopic (exact) mass is 553 g/mol. The molecule has 214 valence electrons. The van der Waals surface area contributed by atoms with Gasteiger partial charge in [-0.15, -0.1) is 0 Å². The fourth-order valence-corrected chi connectivity index (χ4v) is 5.90. The molecule has 2 atom stereocenters. The van der Waals surface area contributed by atoms with Crippen molar-refractivity contribution < 1.29 is 0 Å². The Morgan fingerprint density at radius 1 is 0.881 bits per heavy atom. The zero-order valence-electron chi connectivity index (χ0n) is 25.7. The molecule has 2 aliphatic carbocycles. The van der Waals surface area contributed by atoms with Gasteiger partial charge in [-0.25, -0.2) is 4.98 Å². The fourth-order valence-electron chi connectivity index (χ4n) is 5.90. The van der Waals surface area contributed by atoms with Crippen molar-refractivity contribution in [1.29, 1.82) is 0 Å². The lowest BCUT2D eigenvalue weighted by molar-refractivity contribution is 0.728. The third-order valence-electron chi connectivity index (χ3n) is 7.79. The molecule has 0 N–H and O–H groups in total. The molecule has 3 heteroatoms. The van der Waals surface area contributed by atoms with Gasteiger partial charge in [0, 0.05) is 46.6 Å². The van der Waals surface area contributed by atoms with E-state index in [1.54, 1.807) is 0 Å². The number of rotatable bonds is 6. The summed E-state index contributed by atoms with van der Waals surface area (Å²) < 4.78 is 2.25. The topological polar surface area (TPSA) is 21.1 Å². The predicted octanol–water partition coefficient (Wildman–Crippen LogP) is 10.9. The molecule has 0 fully saturated rings. The first-order valence-corrected chi connectivity index (χ1v) is 15.3. The normalized spacial score (nSPS) is 18.1. The quantitative estimate of drug-likeness (QED) is 0.237. The summed E-state index contributed by atoms with van der Waals surface area (Å²) in [5.74, 6) is 1.89. The van der Waals surface area contributed by atoms with Crippen LogP contribution >= 0.6 is 0 Å². The molecule has 0 radical (unpaired) electrons. The van der Waals surface area contributed by atoms with Gasteiger partial charge < -0.3 is 4.90 Å². The summed E-state index contributed by atoms with van der Waals surface area (Å²) in [5, 5.41) is 0. The highest BCUT2D eigenvalue weighted by Crippen LogP contribution is 2.40. The summed E-state index contributed by atoms with van der Waals surface area (Å²) in [5.41, 5.74) is 10.0. The summed E-state index contributed by atoms with van der Waals surface area (Å²) in [6.45, 7) is 11.0. The van der Waals surface area contributed by atoms with Crippen LogP contribution in [0.15, 0.2) is 138 Å². The molecule has 2 unspecified atom stereocenters. The van der Waals surface area contributed by atoms with Gasteiger partial charge in [0.25, 0.3) is 0 Å². The zero-order valence-corrected chi connectivity index (χ0v) is 25.7. The van der Waals surface area contributed by atoms with Crippen LogP contribution in [0.3, 0.4) is 0 Å². The van der Waals surface area contributed by atoms with Crippen LogP contribution in [-0.2, 0) is 0 Å². The molecule has 1 heterocycles. The van der Waals surface area contributed by atoms with Crippen LogP contribution in [0.25, 0.3) is 17.1 Å². The minimum Gasteiger partial charge on any atom is -0.311 e. The van der Waals surface area contributed by atoms with E-state index in [0.29, 0.717) is 11.8 Å². The highest BCUT2D eigenvalue weighted by atomic mass is 15.1. The lowest BCUT2D eigenvalue weighted by atomic mass is 9.84. The summed E-state index contributed by atoms with van der Waals surface area (Å²) in [6.07, 6.45) is 16.7. The Hall–Kier alpha value is -4.37. The molecule has 0 spiro atoms. The lowest BCUT2D eigenvalue weighted by Gasteiger charge is -2.30. The first-order chi connectivity index (χ1) is 20.5. The molecule has 0 saturated carbocycles. The van der Waals surface area contributed by atoms with Crippen LogP contribution in [0.2, 0.25) is 0 Å². The lowest BCUT2D eigenvalue weighted by Crippen LogP contribution is -2.17. The van der Waals surface area contributed by atoms with Gasteiger partial charge in [-0.1, -0.05) is 106 Å². The molecular weight excluding hydrogens is 510 g/mol. The molecule has 1 aromatic heterocycles. The van der Waals surface area contributed by atoms with E-state index in [1.165, 1.54) is 45.9 Å². The van der Waals surface area contributed by atoms with Gasteiger partial charge in [0.15, 0.2) is 0 Å². The Kier molecular flexibility index (Phi) is 9.38. The van der Waals surface area contributed by atoms with Crippen LogP contribution in [0.1, 0.15) is 65.4 Å². The number of para-hydroxylation sites is 1. The number of aromatic nitrogens is 2. The van der Waals surface area contributed by atoms with Crippen LogP contribution in [-0.4, -0.2) is 9.55 Å². The molecule has 0 bridgehead atoms. The van der Waals surface area contributed by atoms with E-state index in [-0.39, 0.29) is 0 Å². The molecule has 2 aliphatic rings. The fraction of sp³-hybridized carbons (Fsp3) is 0.256. The van der Waals surface area contributed by atoms with Gasteiger partial charge in [-0.3, -0.25) is 4.57 Å². The maximum Gasteiger partial charge on any atom is 0.144 e. The first kappa shape index (κ1) is 29.1. The molecule has 3 aromatic carbocycles. The van der Waals surface area contributed by atoms with E-state index >= 15 is 0 Å². The van der Waals surface area contributed by atoms with Crippen LogP contribution in [0.4, 0.5) is 11.4 Å². The third-order valence-corrected chi connectivity index (χ3v) is 7.79. The number of allylic oxidation sites excluding steroid dienone is 7. The molecule has 42 heavy (non-hydrogen) atoms. The zero-order chi connectivity index (χ0) is 29.5. The van der Waals surface area contributed by atoms with Gasteiger partial charge in [-0.05, 0) is 79.7 Å². The van der Waals surface area contributed by atoms with Crippen molar-refractivity contribution in [3.8, 4) is 11.4 Å². The van der Waals surface area contributed by atoms with Crippen molar-refractivity contribution in [3.63, 3.8) is 0 Å². The van der Waals surface area contributed by atoms with E-state index < -0.39 is 0 Å². The minimum absolute atomic E-state index is 0.325. The maximum atomic E-state index is 4.70. The number of benzene rings is 3. The number of nitrogens with zero attached hydrogens (tertiary/aromatic N) is 3. The Bertz CT molecular complexity index is 1600. The molecule has 4 aromatic rings. The van der Waals surface area contributed by atoms with Gasteiger partial charge >= 0.3 is 0 Å². The molecule has 0 aliphatic heterocycles. The standard InChI is InChI=1S/C36H35N3.C3H8/c1-26-17-19-33(20-18-26)39(32-14-8-5-9-15-32)34-16-10-13-30(25-34)31-23-27(2)35(28(3)24-31)38-22-21-37-36(38)29-11-6-4-7-12-29;1-3-2/h4-17,19-23,25-26,31H,18,24H2,1-3H3;3H2,1-2H3. The van der Waals surface area contributed by atoms with Crippen LogP contribution in [0.5, 0.6) is 0 Å². The van der Waals surface area contributed by atoms with Crippen molar-refractivity contribution >= 4 is 17.1 Å². The van der Waals surface area contributed by atoms with Gasteiger partial charge in [0.05, 0.1) is 0 Å². The van der Waals surface area contributed by atoms with Crippen LogP contribution in [0, 0.1) is 5.92 Å². The Morgan fingerprint density at radius 3 is 2.24 bits per heavy atom. The Labute approximate surface area is 252 Å². The highest BCUT2D eigenvalue weighted by molar-refractivity contribution is 5.75. The summed E-state index contributed by atoms with van der Waals surface area (Å²) >= 11 is 0. The van der Waals surface area contributed by atoms with E-state index in [4.69, 9.17) is 4.98 Å². The van der Waals surface area contributed by atoms with E-state index in [0.717, 1.165) is 24.2 Å². The number of hydrogen-bond acceptors (Lipinski definition) is 2. The third kappa shape index (κ3) is 6.41. The van der Waals surface area contributed by atoms with Crippen molar-refractivity contribution in [2.45, 2.75) is 59.8 Å². The Balaban J connectivity index is 0.00000113. The van der Waals surface area contributed by atoms with Gasteiger partial charge in [0.1, 0.15) is 5.82 Å². The molecule has 0 amide bonds. The minimum atomic E-state index is 0.325. The van der Waals surface area contributed by atoms with Crippen molar-refractivity contribution in [3.05, 3.63) is 144 Å². The summed E-state index contributed by atoms with van der Waals surface area (Å²) in [4.78, 5) is 7.09. The van der Waals surface area contributed by atoms with Crippen molar-refractivity contribution in [2.75, 3.05) is 4.90 Å². The summed E-state index contributed by atoms with van der Waals surface area (Å²) in [6, 6.07) is 30.2. The molecular formula is C39H43N3. The second-order valence-electron chi connectivity index (χ2n) is 11.5. The second kappa shape index (κ2) is 13.5. The van der Waals surface area contributed by atoms with Crippen molar-refractivity contribution in [1.82, 2.24) is 9.55 Å². The van der Waals surface area contributed by atoms with Crippen LogP contribution < -0.4 is 4.90 Å². The van der Waals surface area contributed by atoms with Gasteiger partial charge in [-0.2, -0.15) is 0 Å². The van der Waals surface area contributed by atoms with E-state index in [2.05, 4.69) is 153 Å². The highest BCUT2D eigenvalue weighted by Gasteiger charge is 2.23. The largest absolute Gasteiger partial charge is 0.311 e. The predicted molar refractivity (Wildman–Crippen MR) is 180 cm³/mol. The van der Waals surface area contributed by atoms with Gasteiger partial charge in [0.2, 0.25) is 0 Å². The molecule has 0 saturated heterocycles. The Morgan fingerprint density at radius 2 is 1.57 bits per heavy atom. The number of anilines is 2. The average molecular weight is 554 g/mol. The molecule has 6 rings (SSSR count). The average Bonchev–Trinajstić information content (AvgIpc) is 3.49. The first-order valence-electron chi connectivity index (χ1n) is 15.3. The second-order valence-corrected chi connectivity index (χ2v) is 11.5. The van der Waals surface area contributed by atoms with E-state index in [9.17, 15) is 0 Å². The molecule has 3 nitrogen and oxygen atoms in total. The summed E-state index contributed by atoms with van der Waals surface area (Å²) in [7, 11) is 0. The van der Waals surface area contributed by atoms with Crippen molar-refractivity contribution in [2.24, 2.45) is 5.92 Å². The smallest absolute Gasteiger partial charge is 0.144 e. The maximum absolute atomic E-state index is 4.70. The van der Waals surface area contributed by atoms with E-state index in [1.807, 2.05) is 12.3 Å². The SMILES string of the molecule is CC1=CC(c2cccc(N(C3=CCC(C)C=C3)c3ccccc3)c2)CC(C)=C1n1ccnc1-c1ccccc1.CCC. The number of hydrogen-bond donors (Lipinski definition) is 0.